The predicted octanol–water partition coefficient (Wildman–Crippen LogP) is 1.82. The van der Waals surface area contributed by atoms with Crippen LogP contribution in [0.4, 0.5) is 5.82 Å². The van der Waals surface area contributed by atoms with Crippen LogP contribution in [0.5, 0.6) is 0 Å². The van der Waals surface area contributed by atoms with Gasteiger partial charge in [0.2, 0.25) is 5.28 Å². The second kappa shape index (κ2) is 5.83. The van der Waals surface area contributed by atoms with Crippen LogP contribution >= 0.6 is 11.6 Å². The Morgan fingerprint density at radius 3 is 2.89 bits per heavy atom. The highest BCUT2D eigenvalue weighted by Crippen LogP contribution is 2.34. The van der Waals surface area contributed by atoms with E-state index in [0.717, 1.165) is 54.6 Å². The van der Waals surface area contributed by atoms with Crippen LogP contribution in [0.3, 0.4) is 0 Å². The van der Waals surface area contributed by atoms with E-state index < -0.39 is 0 Å². The summed E-state index contributed by atoms with van der Waals surface area (Å²) in [7, 11) is 1.74. The summed E-state index contributed by atoms with van der Waals surface area (Å²) < 4.78 is 10.9. The number of aromatic nitrogens is 2. The lowest BCUT2D eigenvalue weighted by atomic mass is 10.1. The summed E-state index contributed by atoms with van der Waals surface area (Å²) in [5.41, 5.74) is 1.03. The highest BCUT2D eigenvalue weighted by Gasteiger charge is 2.40. The molecule has 0 amide bonds. The van der Waals surface area contributed by atoms with Crippen molar-refractivity contribution in [1.82, 2.24) is 9.97 Å². The molecule has 1 N–H and O–H groups in total. The van der Waals surface area contributed by atoms with Gasteiger partial charge in [-0.05, 0) is 24.4 Å². The smallest absolute Gasteiger partial charge is 0.253 e. The second-order valence-electron chi connectivity index (χ2n) is 4.61. The molecule has 1 aromatic rings. The van der Waals surface area contributed by atoms with Gasteiger partial charge in [0.05, 0.1) is 7.11 Å². The number of halogens is 1. The average Bonchev–Trinajstić information content (AvgIpc) is 2.82. The van der Waals surface area contributed by atoms with Crippen molar-refractivity contribution >= 4 is 28.6 Å². The summed E-state index contributed by atoms with van der Waals surface area (Å²) in [6.07, 6.45) is 2.91. The second-order valence-corrected chi connectivity index (χ2v) is 6.79. The number of hydrogen-bond donors (Lipinski definition) is 1. The Morgan fingerprint density at radius 2 is 2.16 bits per heavy atom. The number of ether oxygens (including phenoxy) is 1. The zero-order valence-corrected chi connectivity index (χ0v) is 12.4. The molecule has 7 heteroatoms. The maximum Gasteiger partial charge on any atom is 0.253 e. The monoisotopic (exact) mass is 302 g/mol. The Hall–Kier alpha value is -0.560. The number of hydrogen-bond acceptors (Lipinski definition) is 5. The number of nitrogens with zero attached hydrogens (tertiary/aromatic N) is 2. The highest BCUT2D eigenvalue weighted by molar-refractivity contribution is 7.92. The first-order valence-corrected chi connectivity index (χ1v) is 8.13. The average molecular weight is 303 g/mol. The molecule has 0 aromatic carbocycles. The van der Waals surface area contributed by atoms with Crippen molar-refractivity contribution in [2.45, 2.75) is 30.2 Å². The molecule has 1 saturated heterocycles. The van der Waals surface area contributed by atoms with Gasteiger partial charge < -0.3 is 10.1 Å². The molecule has 3 heterocycles. The zero-order chi connectivity index (χ0) is 13.2. The lowest BCUT2D eigenvalue weighted by molar-refractivity contribution is 0.0903. The third-order valence-electron chi connectivity index (χ3n) is 3.42. The van der Waals surface area contributed by atoms with E-state index in [-0.39, 0.29) is 11.2 Å². The van der Waals surface area contributed by atoms with Crippen LogP contribution in [-0.2, 0) is 26.5 Å². The van der Waals surface area contributed by atoms with Crippen LogP contribution in [0.15, 0.2) is 4.90 Å². The van der Waals surface area contributed by atoms with Crippen LogP contribution in [0.1, 0.15) is 18.5 Å². The van der Waals surface area contributed by atoms with Crippen molar-refractivity contribution < 1.29 is 8.92 Å². The van der Waals surface area contributed by atoms with Gasteiger partial charge in [-0.15, -0.1) is 0 Å². The summed E-state index contributed by atoms with van der Waals surface area (Å²) in [6, 6.07) is 0.395. The van der Waals surface area contributed by atoms with Crippen molar-refractivity contribution in [1.29, 1.82) is 0 Å². The molecule has 1 unspecified atom stereocenters. The van der Waals surface area contributed by atoms with Gasteiger partial charge in [0.25, 0.3) is 4.90 Å². The molecule has 1 atom stereocenters. The third-order valence-corrected chi connectivity index (χ3v) is 5.45. The van der Waals surface area contributed by atoms with Gasteiger partial charge in [-0.3, -0.25) is 0 Å². The minimum Gasteiger partial charge on any atom is -0.381 e. The van der Waals surface area contributed by atoms with Gasteiger partial charge in [-0.2, -0.15) is 9.17 Å². The first-order valence-electron chi connectivity index (χ1n) is 6.44. The molecule has 0 radical (unpaired) electrons. The summed E-state index contributed by atoms with van der Waals surface area (Å²) in [4.78, 5) is 9.80. The van der Waals surface area contributed by atoms with Gasteiger partial charge >= 0.3 is 0 Å². The normalized spacial score (nSPS) is 23.4. The van der Waals surface area contributed by atoms with Gasteiger partial charge in [-0.1, -0.05) is 0 Å². The summed E-state index contributed by atoms with van der Waals surface area (Å²) in [5.74, 6) is 1.83. The topological polar surface area (TPSA) is 56.3 Å². The van der Waals surface area contributed by atoms with Crippen molar-refractivity contribution in [3.63, 3.8) is 0 Å². The lowest BCUT2D eigenvalue weighted by Crippen LogP contribution is -2.29. The van der Waals surface area contributed by atoms with E-state index in [1.165, 1.54) is 0 Å². The van der Waals surface area contributed by atoms with E-state index in [1.54, 1.807) is 7.11 Å². The molecular formula is C12H17ClN3O2S+. The molecule has 5 nitrogen and oxygen atoms in total. The fourth-order valence-corrected chi connectivity index (χ4v) is 4.30. The molecule has 2 aliphatic rings. The van der Waals surface area contributed by atoms with Crippen molar-refractivity contribution in [3.05, 3.63) is 11.0 Å². The minimum atomic E-state index is -0.211. The number of rotatable bonds is 3. The quantitative estimate of drug-likeness (QED) is 0.682. The van der Waals surface area contributed by atoms with Gasteiger partial charge in [0.1, 0.15) is 5.69 Å². The molecule has 104 valence electrons. The number of fused-ring (bicyclic) bond motifs is 1. The fourth-order valence-electron chi connectivity index (χ4n) is 2.47. The molecule has 1 fully saturated rings. The van der Waals surface area contributed by atoms with E-state index in [2.05, 4.69) is 15.3 Å². The highest BCUT2D eigenvalue weighted by atomic mass is 35.5. The standard InChI is InChI=1S/C12H17ClN3O2S/c1-17-19-7-4-9-10(19)11(16-12(13)15-9)14-8-2-5-18-6-3-8/h8H,2-7H2,1H3,(H,14,15,16)/q+1. The molecule has 0 spiro atoms. The fraction of sp³-hybridized carbons (Fsp3) is 0.667. The van der Waals surface area contributed by atoms with Crippen molar-refractivity contribution in [2.75, 3.05) is 31.4 Å². The first-order chi connectivity index (χ1) is 9.28. The SMILES string of the molecule is CO[S+]1CCc2nc(Cl)nc(NC3CCOCC3)c21. The summed E-state index contributed by atoms with van der Waals surface area (Å²) >= 11 is 5.80. The van der Waals surface area contributed by atoms with Crippen molar-refractivity contribution in [2.24, 2.45) is 0 Å². The Bertz CT molecular complexity index is 469. The van der Waals surface area contributed by atoms with Gasteiger partial charge in [-0.25, -0.2) is 4.98 Å². The Labute approximate surface area is 120 Å². The number of nitrogens with one attached hydrogen (secondary N) is 1. The molecule has 0 aliphatic carbocycles. The van der Waals surface area contributed by atoms with Gasteiger partial charge in [0.15, 0.2) is 22.7 Å². The Kier molecular flexibility index (Phi) is 4.12. The van der Waals surface area contributed by atoms with Crippen LogP contribution in [0.25, 0.3) is 0 Å². The number of aryl methyl sites for hydroxylation is 1. The molecule has 19 heavy (non-hydrogen) atoms. The van der Waals surface area contributed by atoms with E-state index in [4.69, 9.17) is 20.5 Å². The molecular weight excluding hydrogens is 286 g/mol. The Balaban J connectivity index is 1.87. The largest absolute Gasteiger partial charge is 0.381 e. The number of anilines is 1. The maximum absolute atomic E-state index is 6.01. The van der Waals surface area contributed by atoms with Crippen LogP contribution < -0.4 is 5.32 Å². The summed E-state index contributed by atoms with van der Waals surface area (Å²) in [5, 5.41) is 3.81. The minimum absolute atomic E-state index is 0.211. The van der Waals surface area contributed by atoms with Gasteiger partial charge in [0, 0.05) is 25.7 Å². The molecule has 2 aliphatic heterocycles. The van der Waals surface area contributed by atoms with Crippen LogP contribution in [-0.4, -0.2) is 42.1 Å². The lowest BCUT2D eigenvalue weighted by Gasteiger charge is -2.23. The maximum atomic E-state index is 6.01. The van der Waals surface area contributed by atoms with E-state index in [1.807, 2.05) is 0 Å². The van der Waals surface area contributed by atoms with E-state index >= 15 is 0 Å². The molecule has 0 saturated carbocycles. The molecule has 3 rings (SSSR count). The Morgan fingerprint density at radius 1 is 1.37 bits per heavy atom. The zero-order valence-electron chi connectivity index (χ0n) is 10.8. The molecule has 0 bridgehead atoms. The third kappa shape index (κ3) is 2.81. The summed E-state index contributed by atoms with van der Waals surface area (Å²) in [6.45, 7) is 1.60. The predicted molar refractivity (Wildman–Crippen MR) is 75.7 cm³/mol. The molecule has 1 aromatic heterocycles. The van der Waals surface area contributed by atoms with E-state index in [9.17, 15) is 0 Å². The van der Waals surface area contributed by atoms with Crippen molar-refractivity contribution in [3.8, 4) is 0 Å². The van der Waals surface area contributed by atoms with Crippen LogP contribution in [0, 0.1) is 0 Å². The first kappa shape index (κ1) is 13.4. The van der Waals surface area contributed by atoms with Crippen LogP contribution in [0.2, 0.25) is 5.28 Å². The van der Waals surface area contributed by atoms with E-state index in [0.29, 0.717) is 11.3 Å².